The number of aromatic nitrogens is 1. The molecule has 2 aromatic rings. The van der Waals surface area contributed by atoms with Crippen molar-refractivity contribution >= 4 is 32.5 Å². The van der Waals surface area contributed by atoms with Gasteiger partial charge in [-0.2, -0.15) is 0 Å². The van der Waals surface area contributed by atoms with Crippen molar-refractivity contribution < 1.29 is 4.39 Å². The monoisotopic (exact) mass is 338 g/mol. The van der Waals surface area contributed by atoms with E-state index in [2.05, 4.69) is 40.1 Å². The molecule has 0 radical (unpaired) electrons. The first-order valence-corrected chi connectivity index (χ1v) is 7.75. The summed E-state index contributed by atoms with van der Waals surface area (Å²) < 4.78 is 14.9. The predicted molar refractivity (Wildman–Crippen MR) is 86.8 cm³/mol. The van der Waals surface area contributed by atoms with Crippen molar-refractivity contribution in [1.29, 1.82) is 0 Å². The zero-order chi connectivity index (χ0) is 14.9. The number of hydrogen-bond donors (Lipinski definition) is 1. The fourth-order valence-electron chi connectivity index (χ4n) is 2.40. The second kappa shape index (κ2) is 6.08. The Bertz CT molecular complexity index is 638. The van der Waals surface area contributed by atoms with E-state index in [9.17, 15) is 4.39 Å². The molecule has 0 unspecified atom stereocenters. The van der Waals surface area contributed by atoms with E-state index in [0.29, 0.717) is 15.8 Å². The highest BCUT2D eigenvalue weighted by Crippen LogP contribution is 2.33. The largest absolute Gasteiger partial charge is 0.385 e. The van der Waals surface area contributed by atoms with Gasteiger partial charge in [0.1, 0.15) is 5.82 Å². The highest BCUT2D eigenvalue weighted by Gasteiger charge is 2.15. The van der Waals surface area contributed by atoms with Crippen molar-refractivity contribution in [3.8, 4) is 0 Å². The molecule has 1 heterocycles. The minimum absolute atomic E-state index is 0.245. The lowest BCUT2D eigenvalue weighted by molar-refractivity contribution is 0.629. The Labute approximate surface area is 127 Å². The second-order valence-corrected chi connectivity index (χ2v) is 6.36. The van der Waals surface area contributed by atoms with Gasteiger partial charge in [-0.05, 0) is 59.8 Å². The van der Waals surface area contributed by atoms with E-state index in [-0.39, 0.29) is 5.82 Å². The van der Waals surface area contributed by atoms with Crippen molar-refractivity contribution in [3.63, 3.8) is 0 Å². The van der Waals surface area contributed by atoms with Gasteiger partial charge in [-0.15, -0.1) is 0 Å². The predicted octanol–water partition coefficient (Wildman–Crippen LogP) is 5.08. The zero-order valence-corrected chi connectivity index (χ0v) is 13.9. The average molecular weight is 339 g/mol. The second-order valence-electron chi connectivity index (χ2n) is 5.50. The molecule has 0 aliphatic rings. The Morgan fingerprint density at radius 3 is 2.65 bits per heavy atom. The van der Waals surface area contributed by atoms with Crippen molar-refractivity contribution in [2.45, 2.75) is 34.1 Å². The molecule has 0 atom stereocenters. The molecule has 0 saturated carbocycles. The fourth-order valence-corrected chi connectivity index (χ4v) is 2.94. The van der Waals surface area contributed by atoms with Gasteiger partial charge in [0.25, 0.3) is 0 Å². The topological polar surface area (TPSA) is 24.9 Å². The first-order chi connectivity index (χ1) is 9.43. The van der Waals surface area contributed by atoms with E-state index < -0.39 is 0 Å². The molecule has 4 heteroatoms. The van der Waals surface area contributed by atoms with E-state index in [0.717, 1.165) is 35.4 Å². The number of nitrogens with zero attached hydrogens (tertiary/aromatic N) is 1. The summed E-state index contributed by atoms with van der Waals surface area (Å²) in [6, 6.07) is 3.76. The number of rotatable bonds is 4. The Morgan fingerprint density at radius 1 is 1.35 bits per heavy atom. The third-order valence-corrected chi connectivity index (χ3v) is 3.78. The Kier molecular flexibility index (Phi) is 4.63. The van der Waals surface area contributed by atoms with Crippen LogP contribution in [0.25, 0.3) is 10.9 Å². The molecule has 1 aromatic heterocycles. The lowest BCUT2D eigenvalue weighted by atomic mass is 10.0. The molecular formula is C16H20BrFN2. The number of aryl methyl sites for hydroxylation is 1. The van der Waals surface area contributed by atoms with Gasteiger partial charge in [-0.1, -0.05) is 13.8 Å². The minimum atomic E-state index is -0.245. The van der Waals surface area contributed by atoms with E-state index in [1.54, 1.807) is 6.07 Å². The SMILES string of the molecule is CCNc1cc(CC(C)C)nc2c(C)cc(Br)c(F)c12. The van der Waals surface area contributed by atoms with Crippen LogP contribution in [-0.4, -0.2) is 11.5 Å². The zero-order valence-electron chi connectivity index (χ0n) is 12.3. The molecule has 0 aliphatic carbocycles. The normalized spacial score (nSPS) is 11.3. The van der Waals surface area contributed by atoms with Crippen LogP contribution in [0, 0.1) is 18.7 Å². The number of pyridine rings is 1. The number of nitrogens with one attached hydrogen (secondary N) is 1. The van der Waals surface area contributed by atoms with E-state index >= 15 is 0 Å². The van der Waals surface area contributed by atoms with Gasteiger partial charge in [0, 0.05) is 17.9 Å². The number of halogens is 2. The van der Waals surface area contributed by atoms with Gasteiger partial charge in [-0.3, -0.25) is 4.98 Å². The van der Waals surface area contributed by atoms with Crippen molar-refractivity contribution in [3.05, 3.63) is 33.7 Å². The van der Waals surface area contributed by atoms with Crippen LogP contribution < -0.4 is 5.32 Å². The summed E-state index contributed by atoms with van der Waals surface area (Å²) in [6.07, 6.45) is 0.894. The van der Waals surface area contributed by atoms with Gasteiger partial charge in [0.2, 0.25) is 0 Å². The van der Waals surface area contributed by atoms with Crippen LogP contribution in [0.3, 0.4) is 0 Å². The Morgan fingerprint density at radius 2 is 2.05 bits per heavy atom. The molecule has 108 valence electrons. The van der Waals surface area contributed by atoms with Crippen LogP contribution in [0.4, 0.5) is 10.1 Å². The highest BCUT2D eigenvalue weighted by molar-refractivity contribution is 9.10. The van der Waals surface area contributed by atoms with Crippen LogP contribution in [-0.2, 0) is 6.42 Å². The molecule has 0 bridgehead atoms. The van der Waals surface area contributed by atoms with E-state index in [1.165, 1.54) is 0 Å². The lowest BCUT2D eigenvalue weighted by Gasteiger charge is -2.14. The third-order valence-electron chi connectivity index (χ3n) is 3.20. The summed E-state index contributed by atoms with van der Waals surface area (Å²) in [5, 5.41) is 3.83. The molecule has 1 aromatic carbocycles. The first-order valence-electron chi connectivity index (χ1n) is 6.96. The van der Waals surface area contributed by atoms with Crippen LogP contribution in [0.15, 0.2) is 16.6 Å². The molecule has 0 spiro atoms. The average Bonchev–Trinajstić information content (AvgIpc) is 2.35. The molecule has 2 rings (SSSR count). The maximum Gasteiger partial charge on any atom is 0.148 e. The highest BCUT2D eigenvalue weighted by atomic mass is 79.9. The maximum absolute atomic E-state index is 14.4. The standard InChI is InChI=1S/C16H20BrFN2/c1-5-19-13-8-11(6-9(2)3)20-16-10(4)7-12(17)15(18)14(13)16/h7-9H,5-6H2,1-4H3,(H,19,20). The molecule has 1 N–H and O–H groups in total. The van der Waals surface area contributed by atoms with Gasteiger partial charge >= 0.3 is 0 Å². The molecule has 20 heavy (non-hydrogen) atoms. The minimum Gasteiger partial charge on any atom is -0.385 e. The van der Waals surface area contributed by atoms with Crippen LogP contribution in [0.1, 0.15) is 32.0 Å². The van der Waals surface area contributed by atoms with Gasteiger partial charge in [0.05, 0.1) is 15.4 Å². The van der Waals surface area contributed by atoms with Crippen LogP contribution >= 0.6 is 15.9 Å². The lowest BCUT2D eigenvalue weighted by Crippen LogP contribution is -2.05. The van der Waals surface area contributed by atoms with Gasteiger partial charge < -0.3 is 5.32 Å². The molecule has 0 amide bonds. The van der Waals surface area contributed by atoms with Gasteiger partial charge in [-0.25, -0.2) is 4.39 Å². The van der Waals surface area contributed by atoms with Crippen molar-refractivity contribution in [2.75, 3.05) is 11.9 Å². The first kappa shape index (κ1) is 15.2. The molecule has 0 saturated heterocycles. The van der Waals surface area contributed by atoms with Crippen LogP contribution in [0.5, 0.6) is 0 Å². The summed E-state index contributed by atoms with van der Waals surface area (Å²) in [7, 11) is 0. The maximum atomic E-state index is 14.4. The number of benzene rings is 1. The molecule has 0 aliphatic heterocycles. The third kappa shape index (κ3) is 2.95. The summed E-state index contributed by atoms with van der Waals surface area (Å²) in [6.45, 7) is 9.05. The summed E-state index contributed by atoms with van der Waals surface area (Å²) >= 11 is 3.28. The molecular weight excluding hydrogens is 319 g/mol. The fraction of sp³-hybridized carbons (Fsp3) is 0.438. The van der Waals surface area contributed by atoms with Crippen molar-refractivity contribution in [1.82, 2.24) is 4.98 Å². The van der Waals surface area contributed by atoms with E-state index in [4.69, 9.17) is 0 Å². The van der Waals surface area contributed by atoms with Crippen LogP contribution in [0.2, 0.25) is 0 Å². The Balaban J connectivity index is 2.74. The summed E-state index contributed by atoms with van der Waals surface area (Å²) in [5.74, 6) is 0.278. The molecule has 2 nitrogen and oxygen atoms in total. The Hall–Kier alpha value is -1.16. The number of hydrogen-bond acceptors (Lipinski definition) is 2. The molecule has 0 fully saturated rings. The van der Waals surface area contributed by atoms with E-state index in [1.807, 2.05) is 19.9 Å². The van der Waals surface area contributed by atoms with Crippen molar-refractivity contribution in [2.24, 2.45) is 5.92 Å². The van der Waals surface area contributed by atoms with Gasteiger partial charge in [0.15, 0.2) is 0 Å². The summed E-state index contributed by atoms with van der Waals surface area (Å²) in [4.78, 5) is 4.66. The quantitative estimate of drug-likeness (QED) is 0.841. The number of anilines is 1. The summed E-state index contributed by atoms with van der Waals surface area (Å²) in [5.41, 5.74) is 3.57. The smallest absolute Gasteiger partial charge is 0.148 e. The number of fused-ring (bicyclic) bond motifs is 1.